The van der Waals surface area contributed by atoms with Crippen LogP contribution < -0.4 is 10.2 Å². The molecule has 1 amide bonds. The number of halogens is 1. The van der Waals surface area contributed by atoms with Crippen LogP contribution in [0.2, 0.25) is 5.02 Å². The fourth-order valence-corrected chi connectivity index (χ4v) is 4.03. The van der Waals surface area contributed by atoms with E-state index in [1.165, 1.54) is 16.9 Å². The van der Waals surface area contributed by atoms with Crippen LogP contribution in [0.3, 0.4) is 0 Å². The van der Waals surface area contributed by atoms with E-state index in [-0.39, 0.29) is 5.91 Å². The lowest BCUT2D eigenvalue weighted by molar-refractivity contribution is -0.910. The largest absolute Gasteiger partial charge is 0.350 e. The standard InChI is InChI=1S/C19H21ClN6O/c1-24-8-2-4-17(24)18-5-3-9-25(18)11-19(27)23-15-10-14(20)6-7-16(15)26-13-21-12-22-26/h2,4,6-8,10,12-13,18H,3,5,9,11H2,1H3,(H,23,27)/p+1/t18-/m0/s1. The summed E-state index contributed by atoms with van der Waals surface area (Å²) in [4.78, 5) is 18.0. The predicted molar refractivity (Wildman–Crippen MR) is 103 cm³/mol. The van der Waals surface area contributed by atoms with Crippen molar-refractivity contribution in [2.75, 3.05) is 18.4 Å². The van der Waals surface area contributed by atoms with Gasteiger partial charge in [0.05, 0.1) is 23.6 Å². The number of hydrogen-bond donors (Lipinski definition) is 2. The summed E-state index contributed by atoms with van der Waals surface area (Å²) in [5, 5.41) is 7.71. The van der Waals surface area contributed by atoms with E-state index in [0.29, 0.717) is 23.3 Å². The second-order valence-electron chi connectivity index (χ2n) is 6.87. The number of benzene rings is 1. The molecule has 1 aliphatic rings. The quantitative estimate of drug-likeness (QED) is 0.701. The molecule has 2 atom stereocenters. The second-order valence-corrected chi connectivity index (χ2v) is 7.31. The van der Waals surface area contributed by atoms with Crippen molar-refractivity contribution in [1.82, 2.24) is 19.3 Å². The van der Waals surface area contributed by atoms with Gasteiger partial charge in [0, 0.05) is 31.1 Å². The van der Waals surface area contributed by atoms with Gasteiger partial charge in [0.15, 0.2) is 6.54 Å². The van der Waals surface area contributed by atoms with Crippen molar-refractivity contribution in [1.29, 1.82) is 0 Å². The summed E-state index contributed by atoms with van der Waals surface area (Å²) >= 11 is 6.14. The molecule has 7 nitrogen and oxygen atoms in total. The summed E-state index contributed by atoms with van der Waals surface area (Å²) in [5.74, 6) is -0.0326. The van der Waals surface area contributed by atoms with E-state index in [2.05, 4.69) is 45.3 Å². The minimum atomic E-state index is -0.0326. The lowest BCUT2D eigenvalue weighted by Gasteiger charge is -2.22. The van der Waals surface area contributed by atoms with Gasteiger partial charge in [-0.25, -0.2) is 9.67 Å². The molecule has 0 spiro atoms. The molecule has 3 aromatic rings. The summed E-state index contributed by atoms with van der Waals surface area (Å²) in [5.41, 5.74) is 2.65. The molecule has 1 aromatic carbocycles. The summed E-state index contributed by atoms with van der Waals surface area (Å²) in [6, 6.07) is 9.89. The van der Waals surface area contributed by atoms with Crippen molar-refractivity contribution < 1.29 is 9.69 Å². The molecule has 0 aliphatic carbocycles. The van der Waals surface area contributed by atoms with Crippen LogP contribution in [0.1, 0.15) is 24.6 Å². The van der Waals surface area contributed by atoms with Gasteiger partial charge in [0.2, 0.25) is 0 Å². The summed E-state index contributed by atoms with van der Waals surface area (Å²) < 4.78 is 3.76. The molecule has 140 valence electrons. The molecule has 2 N–H and O–H groups in total. The van der Waals surface area contributed by atoms with E-state index in [9.17, 15) is 4.79 Å². The highest BCUT2D eigenvalue weighted by molar-refractivity contribution is 6.31. The van der Waals surface area contributed by atoms with Gasteiger partial charge in [-0.3, -0.25) is 4.79 Å². The first kappa shape index (κ1) is 17.8. The number of rotatable bonds is 5. The first-order chi connectivity index (χ1) is 13.1. The van der Waals surface area contributed by atoms with Crippen LogP contribution >= 0.6 is 11.6 Å². The van der Waals surface area contributed by atoms with E-state index in [1.807, 2.05) is 6.07 Å². The van der Waals surface area contributed by atoms with Crippen LogP contribution in [0.4, 0.5) is 5.69 Å². The molecule has 1 fully saturated rings. The normalized spacial score (nSPS) is 19.3. The van der Waals surface area contributed by atoms with Gasteiger partial charge in [0.25, 0.3) is 5.91 Å². The Labute approximate surface area is 162 Å². The first-order valence-corrected chi connectivity index (χ1v) is 9.40. The van der Waals surface area contributed by atoms with E-state index in [1.54, 1.807) is 23.1 Å². The number of aromatic nitrogens is 4. The Hall–Kier alpha value is -2.64. The smallest absolute Gasteiger partial charge is 0.279 e. The van der Waals surface area contributed by atoms with Gasteiger partial charge >= 0.3 is 0 Å². The van der Waals surface area contributed by atoms with Gasteiger partial charge in [-0.05, 0) is 30.3 Å². The zero-order chi connectivity index (χ0) is 18.8. The van der Waals surface area contributed by atoms with Crippen molar-refractivity contribution >= 4 is 23.2 Å². The predicted octanol–water partition coefficient (Wildman–Crippen LogP) is 1.62. The van der Waals surface area contributed by atoms with Gasteiger partial charge in [-0.1, -0.05) is 11.6 Å². The second kappa shape index (κ2) is 7.54. The SMILES string of the molecule is Cn1cccc1[C@@H]1CCC[NH+]1CC(=O)Nc1cc(Cl)ccc1-n1cncn1. The van der Waals surface area contributed by atoms with E-state index in [4.69, 9.17) is 11.6 Å². The molecule has 1 aliphatic heterocycles. The molecule has 2 aromatic heterocycles. The third-order valence-corrected chi connectivity index (χ3v) is 5.35. The average molecular weight is 386 g/mol. The molecule has 1 unspecified atom stereocenters. The van der Waals surface area contributed by atoms with Crippen LogP contribution in [0.15, 0.2) is 49.2 Å². The molecule has 8 heteroatoms. The van der Waals surface area contributed by atoms with Gasteiger partial charge < -0.3 is 14.8 Å². The van der Waals surface area contributed by atoms with Gasteiger partial charge in [0.1, 0.15) is 18.7 Å². The zero-order valence-corrected chi connectivity index (χ0v) is 15.9. The molecule has 0 radical (unpaired) electrons. The van der Waals surface area contributed by atoms with Crippen molar-refractivity contribution in [2.24, 2.45) is 7.05 Å². The molecule has 4 rings (SSSR count). The lowest BCUT2D eigenvalue weighted by Crippen LogP contribution is -3.11. The van der Waals surface area contributed by atoms with Crippen LogP contribution in [-0.4, -0.2) is 38.3 Å². The third-order valence-electron chi connectivity index (χ3n) is 5.11. The van der Waals surface area contributed by atoms with E-state index in [0.717, 1.165) is 25.1 Å². The maximum absolute atomic E-state index is 12.8. The molecule has 0 saturated carbocycles. The highest BCUT2D eigenvalue weighted by Gasteiger charge is 2.33. The van der Waals surface area contributed by atoms with Crippen molar-refractivity contribution in [3.05, 3.63) is 59.9 Å². The Bertz CT molecular complexity index is 936. The minimum Gasteiger partial charge on any atom is -0.350 e. The number of hydrogen-bond acceptors (Lipinski definition) is 3. The number of likely N-dealkylation sites (tertiary alicyclic amines) is 1. The number of carbonyl (C=O) groups excluding carboxylic acids is 1. The Morgan fingerprint density at radius 2 is 2.30 bits per heavy atom. The number of anilines is 1. The summed E-state index contributed by atoms with van der Waals surface area (Å²) in [6.45, 7) is 1.41. The monoisotopic (exact) mass is 385 g/mol. The number of amides is 1. The van der Waals surface area contributed by atoms with Crippen LogP contribution in [0, 0.1) is 0 Å². The number of carbonyl (C=O) groups is 1. The first-order valence-electron chi connectivity index (χ1n) is 9.02. The molecular formula is C19H22ClN6O+. The van der Waals surface area contributed by atoms with E-state index >= 15 is 0 Å². The molecule has 0 bridgehead atoms. The number of quaternary nitrogens is 1. The fourth-order valence-electron chi connectivity index (χ4n) is 3.86. The molecule has 3 heterocycles. The van der Waals surface area contributed by atoms with Crippen LogP contribution in [0.25, 0.3) is 5.69 Å². The van der Waals surface area contributed by atoms with Crippen LogP contribution in [0.5, 0.6) is 0 Å². The van der Waals surface area contributed by atoms with Gasteiger partial charge in [-0.2, -0.15) is 5.10 Å². The van der Waals surface area contributed by atoms with E-state index < -0.39 is 0 Å². The van der Waals surface area contributed by atoms with Crippen molar-refractivity contribution in [3.63, 3.8) is 0 Å². The third kappa shape index (κ3) is 3.74. The minimum absolute atomic E-state index is 0.0326. The highest BCUT2D eigenvalue weighted by Crippen LogP contribution is 2.24. The number of nitrogens with zero attached hydrogens (tertiary/aromatic N) is 4. The highest BCUT2D eigenvalue weighted by atomic mass is 35.5. The van der Waals surface area contributed by atoms with Gasteiger partial charge in [-0.15, -0.1) is 0 Å². The molecular weight excluding hydrogens is 364 g/mol. The number of aryl methyl sites for hydroxylation is 1. The Morgan fingerprint density at radius 3 is 3.04 bits per heavy atom. The van der Waals surface area contributed by atoms with Crippen molar-refractivity contribution in [3.8, 4) is 5.69 Å². The molecule has 27 heavy (non-hydrogen) atoms. The molecule has 1 saturated heterocycles. The summed E-state index contributed by atoms with van der Waals surface area (Å²) in [6.07, 6.45) is 7.33. The zero-order valence-electron chi connectivity index (χ0n) is 15.1. The average Bonchev–Trinajstić information content (AvgIpc) is 3.37. The van der Waals surface area contributed by atoms with Crippen molar-refractivity contribution in [2.45, 2.75) is 18.9 Å². The lowest BCUT2D eigenvalue weighted by atomic mass is 10.1. The Kier molecular flexibility index (Phi) is 4.96. The topological polar surface area (TPSA) is 69.2 Å². The van der Waals surface area contributed by atoms with Crippen LogP contribution in [-0.2, 0) is 11.8 Å². The summed E-state index contributed by atoms with van der Waals surface area (Å²) in [7, 11) is 2.06. The maximum Gasteiger partial charge on any atom is 0.279 e. The maximum atomic E-state index is 12.8. The Morgan fingerprint density at radius 1 is 1.41 bits per heavy atom. The number of nitrogens with one attached hydrogen (secondary N) is 2. The fraction of sp³-hybridized carbons (Fsp3) is 0.316. The Balaban J connectivity index is 1.50.